The molecule has 0 aliphatic carbocycles. The summed E-state index contributed by atoms with van der Waals surface area (Å²) in [5.41, 5.74) is 0.486. The Morgan fingerprint density at radius 2 is 2.10 bits per heavy atom. The predicted molar refractivity (Wildman–Crippen MR) is 83.4 cm³/mol. The van der Waals surface area contributed by atoms with Gasteiger partial charge in [0.05, 0.1) is 12.6 Å². The second-order valence-electron chi connectivity index (χ2n) is 4.73. The zero-order valence-corrected chi connectivity index (χ0v) is 13.1. The Bertz CT molecular complexity index is 480. The maximum Gasteiger partial charge on any atom is 0.313 e. The van der Waals surface area contributed by atoms with E-state index >= 15 is 0 Å². The van der Waals surface area contributed by atoms with E-state index in [1.807, 2.05) is 0 Å². The molecule has 0 fully saturated rings. The van der Waals surface area contributed by atoms with E-state index in [0.717, 1.165) is 19.3 Å². The van der Waals surface area contributed by atoms with Gasteiger partial charge in [-0.3, -0.25) is 9.59 Å². The number of halogens is 1. The standard InChI is InChI=1S/C15H21ClN2O3/c1-3-4-7-13(10-21-2)18-15(20)14(19)17-12-8-5-6-11(16)9-12/h5-6,8-9,13H,3-4,7,10H2,1-2H3,(H,17,19)(H,18,20)/t13-/m1/s1. The summed E-state index contributed by atoms with van der Waals surface area (Å²) < 4.78 is 5.05. The molecule has 116 valence electrons. The van der Waals surface area contributed by atoms with Crippen LogP contribution in [0.15, 0.2) is 24.3 Å². The normalized spacial score (nSPS) is 11.8. The number of methoxy groups -OCH3 is 1. The highest BCUT2D eigenvalue weighted by molar-refractivity contribution is 6.40. The molecule has 1 rings (SSSR count). The van der Waals surface area contributed by atoms with Crippen LogP contribution in [0.4, 0.5) is 5.69 Å². The lowest BCUT2D eigenvalue weighted by Gasteiger charge is -2.17. The van der Waals surface area contributed by atoms with Crippen molar-refractivity contribution < 1.29 is 14.3 Å². The number of ether oxygens (including phenoxy) is 1. The molecule has 6 heteroatoms. The van der Waals surface area contributed by atoms with Gasteiger partial charge in [0.15, 0.2) is 0 Å². The third-order valence-corrected chi connectivity index (χ3v) is 3.13. The van der Waals surface area contributed by atoms with E-state index in [0.29, 0.717) is 17.3 Å². The lowest BCUT2D eigenvalue weighted by atomic mass is 10.1. The van der Waals surface area contributed by atoms with E-state index in [4.69, 9.17) is 16.3 Å². The van der Waals surface area contributed by atoms with Crippen LogP contribution in [0.1, 0.15) is 26.2 Å². The molecule has 1 aromatic carbocycles. The zero-order chi connectivity index (χ0) is 15.7. The van der Waals surface area contributed by atoms with Gasteiger partial charge in [-0.25, -0.2) is 0 Å². The first-order valence-electron chi connectivity index (χ1n) is 6.93. The minimum atomic E-state index is -0.713. The van der Waals surface area contributed by atoms with Crippen LogP contribution in [-0.2, 0) is 14.3 Å². The highest BCUT2D eigenvalue weighted by Gasteiger charge is 2.18. The molecule has 0 saturated heterocycles. The molecule has 0 radical (unpaired) electrons. The van der Waals surface area contributed by atoms with Crippen molar-refractivity contribution in [2.24, 2.45) is 0 Å². The third-order valence-electron chi connectivity index (χ3n) is 2.90. The highest BCUT2D eigenvalue weighted by Crippen LogP contribution is 2.14. The van der Waals surface area contributed by atoms with E-state index < -0.39 is 11.8 Å². The number of nitrogens with one attached hydrogen (secondary N) is 2. The molecule has 0 bridgehead atoms. The summed E-state index contributed by atoms with van der Waals surface area (Å²) in [5, 5.41) is 5.68. The largest absolute Gasteiger partial charge is 0.383 e. The van der Waals surface area contributed by atoms with Crippen LogP contribution < -0.4 is 10.6 Å². The van der Waals surface area contributed by atoms with Gasteiger partial charge in [-0.05, 0) is 24.6 Å². The van der Waals surface area contributed by atoms with Crippen molar-refractivity contribution in [3.63, 3.8) is 0 Å². The average Bonchev–Trinajstić information content (AvgIpc) is 2.44. The molecular weight excluding hydrogens is 292 g/mol. The second-order valence-corrected chi connectivity index (χ2v) is 5.17. The number of hydrogen-bond acceptors (Lipinski definition) is 3. The van der Waals surface area contributed by atoms with Gasteiger partial charge >= 0.3 is 11.8 Å². The van der Waals surface area contributed by atoms with Crippen molar-refractivity contribution in [1.29, 1.82) is 0 Å². The molecule has 0 spiro atoms. The van der Waals surface area contributed by atoms with Gasteiger partial charge in [0.25, 0.3) is 0 Å². The van der Waals surface area contributed by atoms with Crippen LogP contribution in [0.5, 0.6) is 0 Å². The van der Waals surface area contributed by atoms with Crippen molar-refractivity contribution in [3.05, 3.63) is 29.3 Å². The van der Waals surface area contributed by atoms with Gasteiger partial charge in [0, 0.05) is 17.8 Å². The van der Waals surface area contributed by atoms with Crippen molar-refractivity contribution in [1.82, 2.24) is 5.32 Å². The fourth-order valence-electron chi connectivity index (χ4n) is 1.85. The predicted octanol–water partition coefficient (Wildman–Crippen LogP) is 2.60. The van der Waals surface area contributed by atoms with Crippen LogP contribution >= 0.6 is 11.6 Å². The minimum absolute atomic E-state index is 0.160. The number of carbonyl (C=O) groups excluding carboxylic acids is 2. The van der Waals surface area contributed by atoms with Crippen molar-refractivity contribution >= 4 is 29.1 Å². The lowest BCUT2D eigenvalue weighted by molar-refractivity contribution is -0.136. The summed E-state index contributed by atoms with van der Waals surface area (Å²) in [6, 6.07) is 6.48. The monoisotopic (exact) mass is 312 g/mol. The molecule has 0 aromatic heterocycles. The molecule has 0 aliphatic rings. The number of rotatable bonds is 7. The minimum Gasteiger partial charge on any atom is -0.383 e. The van der Waals surface area contributed by atoms with Gasteiger partial charge in [0.1, 0.15) is 0 Å². The van der Waals surface area contributed by atoms with Crippen molar-refractivity contribution in [3.8, 4) is 0 Å². The molecule has 21 heavy (non-hydrogen) atoms. The second kappa shape index (κ2) is 9.37. The Morgan fingerprint density at radius 3 is 2.71 bits per heavy atom. The molecule has 0 aliphatic heterocycles. The third kappa shape index (κ3) is 6.60. The van der Waals surface area contributed by atoms with Crippen LogP contribution in [0, 0.1) is 0 Å². The zero-order valence-electron chi connectivity index (χ0n) is 12.3. The number of unbranched alkanes of at least 4 members (excludes halogenated alkanes) is 1. The van der Waals surface area contributed by atoms with E-state index in [-0.39, 0.29) is 6.04 Å². The summed E-state index contributed by atoms with van der Waals surface area (Å²) in [7, 11) is 1.57. The first kappa shape index (κ1) is 17.5. The van der Waals surface area contributed by atoms with Crippen molar-refractivity contribution in [2.45, 2.75) is 32.2 Å². The molecular formula is C15H21ClN2O3. The Morgan fingerprint density at radius 1 is 1.33 bits per heavy atom. The molecule has 0 unspecified atom stereocenters. The molecule has 1 atom stereocenters. The van der Waals surface area contributed by atoms with Crippen LogP contribution in [-0.4, -0.2) is 31.6 Å². The Kier molecular flexibility index (Phi) is 7.79. The van der Waals surface area contributed by atoms with E-state index in [2.05, 4.69) is 17.6 Å². The number of amides is 2. The Labute approximate surface area is 130 Å². The lowest BCUT2D eigenvalue weighted by Crippen LogP contribution is -2.43. The summed E-state index contributed by atoms with van der Waals surface area (Å²) >= 11 is 5.82. The molecule has 0 saturated carbocycles. The quantitative estimate of drug-likeness (QED) is 0.760. The summed E-state index contributed by atoms with van der Waals surface area (Å²) in [5.74, 6) is -1.39. The number of benzene rings is 1. The molecule has 2 N–H and O–H groups in total. The molecule has 5 nitrogen and oxygen atoms in total. The Hall–Kier alpha value is -1.59. The van der Waals surface area contributed by atoms with Gasteiger partial charge in [0.2, 0.25) is 0 Å². The topological polar surface area (TPSA) is 67.4 Å². The fourth-order valence-corrected chi connectivity index (χ4v) is 2.04. The van der Waals surface area contributed by atoms with Crippen LogP contribution in [0.25, 0.3) is 0 Å². The number of hydrogen-bond donors (Lipinski definition) is 2. The molecule has 0 heterocycles. The summed E-state index contributed by atoms with van der Waals surface area (Å²) in [6.07, 6.45) is 2.76. The SMILES string of the molecule is CCCC[C@H](COC)NC(=O)C(=O)Nc1cccc(Cl)c1. The van der Waals surface area contributed by atoms with Gasteiger partial charge in [-0.1, -0.05) is 37.4 Å². The fraction of sp³-hybridized carbons (Fsp3) is 0.467. The van der Waals surface area contributed by atoms with E-state index in [1.54, 1.807) is 31.4 Å². The molecule has 2 amide bonds. The van der Waals surface area contributed by atoms with Crippen LogP contribution in [0.2, 0.25) is 5.02 Å². The first-order valence-corrected chi connectivity index (χ1v) is 7.31. The van der Waals surface area contributed by atoms with Gasteiger partial charge in [-0.15, -0.1) is 0 Å². The first-order chi connectivity index (χ1) is 10.1. The van der Waals surface area contributed by atoms with Gasteiger partial charge < -0.3 is 15.4 Å². The van der Waals surface area contributed by atoms with E-state index in [1.165, 1.54) is 0 Å². The highest BCUT2D eigenvalue weighted by atomic mass is 35.5. The maximum absolute atomic E-state index is 11.9. The van der Waals surface area contributed by atoms with Gasteiger partial charge in [-0.2, -0.15) is 0 Å². The average molecular weight is 313 g/mol. The summed E-state index contributed by atoms with van der Waals surface area (Å²) in [6.45, 7) is 2.45. The van der Waals surface area contributed by atoms with Crippen LogP contribution in [0.3, 0.4) is 0 Å². The number of carbonyl (C=O) groups is 2. The molecule has 1 aromatic rings. The number of anilines is 1. The van der Waals surface area contributed by atoms with Crippen molar-refractivity contribution in [2.75, 3.05) is 19.0 Å². The summed E-state index contributed by atoms with van der Waals surface area (Å²) in [4.78, 5) is 23.7. The van der Waals surface area contributed by atoms with E-state index in [9.17, 15) is 9.59 Å². The Balaban J connectivity index is 2.54. The maximum atomic E-state index is 11.9. The smallest absolute Gasteiger partial charge is 0.313 e.